The molecule has 1 aromatic rings. The molecule has 24 heavy (non-hydrogen) atoms. The van der Waals surface area contributed by atoms with E-state index in [1.165, 1.54) is 12.7 Å². The van der Waals surface area contributed by atoms with Crippen molar-refractivity contribution in [2.75, 3.05) is 51.3 Å². The fourth-order valence-corrected chi connectivity index (χ4v) is 3.46. The standard InChI is InChI=1S/C18H25N3O3/c1-24-18(23)20-13-11-19(12-14-20)10-8-17(22)21-9-4-6-15-5-2-3-7-16(15)21/h2-3,5,7H,4,6,8-14H2,1H3. The van der Waals surface area contributed by atoms with Gasteiger partial charge in [-0.1, -0.05) is 18.2 Å². The number of aryl methyl sites for hydroxylation is 1. The molecule has 1 saturated heterocycles. The number of piperazine rings is 1. The SMILES string of the molecule is COC(=O)N1CCN(CCC(=O)N2CCCc3ccccc32)CC1. The predicted molar refractivity (Wildman–Crippen MR) is 92.2 cm³/mol. The van der Waals surface area contributed by atoms with Crippen LogP contribution in [0.25, 0.3) is 0 Å². The number of anilines is 1. The van der Waals surface area contributed by atoms with Crippen molar-refractivity contribution in [3.05, 3.63) is 29.8 Å². The van der Waals surface area contributed by atoms with Crippen molar-refractivity contribution < 1.29 is 14.3 Å². The second-order valence-electron chi connectivity index (χ2n) is 6.33. The van der Waals surface area contributed by atoms with Gasteiger partial charge in [-0.05, 0) is 24.5 Å². The summed E-state index contributed by atoms with van der Waals surface area (Å²) >= 11 is 0. The van der Waals surface area contributed by atoms with E-state index in [-0.39, 0.29) is 12.0 Å². The third-order valence-electron chi connectivity index (χ3n) is 4.86. The largest absolute Gasteiger partial charge is 0.453 e. The van der Waals surface area contributed by atoms with Crippen LogP contribution in [0.1, 0.15) is 18.4 Å². The summed E-state index contributed by atoms with van der Waals surface area (Å²) < 4.78 is 4.74. The van der Waals surface area contributed by atoms with E-state index in [1.807, 2.05) is 23.1 Å². The van der Waals surface area contributed by atoms with Gasteiger partial charge in [0.2, 0.25) is 5.91 Å². The van der Waals surface area contributed by atoms with E-state index in [0.29, 0.717) is 19.5 Å². The molecular weight excluding hydrogens is 306 g/mol. The molecule has 3 rings (SSSR count). The van der Waals surface area contributed by atoms with E-state index in [9.17, 15) is 9.59 Å². The minimum absolute atomic E-state index is 0.192. The van der Waals surface area contributed by atoms with Gasteiger partial charge >= 0.3 is 6.09 Å². The third kappa shape index (κ3) is 3.70. The number of nitrogens with zero attached hydrogens (tertiary/aromatic N) is 3. The van der Waals surface area contributed by atoms with Crippen LogP contribution in [0.4, 0.5) is 10.5 Å². The van der Waals surface area contributed by atoms with E-state index >= 15 is 0 Å². The zero-order valence-corrected chi connectivity index (χ0v) is 14.2. The van der Waals surface area contributed by atoms with Crippen LogP contribution < -0.4 is 4.90 Å². The molecule has 2 amide bonds. The van der Waals surface area contributed by atoms with Crippen LogP contribution >= 0.6 is 0 Å². The van der Waals surface area contributed by atoms with Crippen molar-refractivity contribution in [1.29, 1.82) is 0 Å². The average Bonchev–Trinajstić information content (AvgIpc) is 2.65. The van der Waals surface area contributed by atoms with Gasteiger partial charge in [0.05, 0.1) is 7.11 Å². The smallest absolute Gasteiger partial charge is 0.409 e. The zero-order chi connectivity index (χ0) is 16.9. The summed E-state index contributed by atoms with van der Waals surface area (Å²) in [6.07, 6.45) is 2.33. The molecule has 0 aliphatic carbocycles. The molecule has 130 valence electrons. The van der Waals surface area contributed by atoms with Gasteiger partial charge in [0.15, 0.2) is 0 Å². The Hall–Kier alpha value is -2.08. The van der Waals surface area contributed by atoms with Crippen LogP contribution in [0.15, 0.2) is 24.3 Å². The average molecular weight is 331 g/mol. The van der Waals surface area contributed by atoms with Crippen molar-refractivity contribution in [3.8, 4) is 0 Å². The van der Waals surface area contributed by atoms with Crippen molar-refractivity contribution in [2.24, 2.45) is 0 Å². The van der Waals surface area contributed by atoms with E-state index in [2.05, 4.69) is 11.0 Å². The zero-order valence-electron chi connectivity index (χ0n) is 14.2. The minimum Gasteiger partial charge on any atom is -0.453 e. The lowest BCUT2D eigenvalue weighted by Gasteiger charge is -2.34. The number of carbonyl (C=O) groups excluding carboxylic acids is 2. The Morgan fingerprint density at radius 1 is 1.08 bits per heavy atom. The molecule has 0 N–H and O–H groups in total. The number of amides is 2. The Morgan fingerprint density at radius 3 is 2.58 bits per heavy atom. The molecule has 1 fully saturated rings. The molecule has 6 heteroatoms. The molecule has 0 radical (unpaired) electrons. The molecule has 0 saturated carbocycles. The van der Waals surface area contributed by atoms with Crippen LogP contribution in [-0.2, 0) is 16.0 Å². The normalized spacial score (nSPS) is 18.2. The van der Waals surface area contributed by atoms with E-state index in [0.717, 1.165) is 44.7 Å². The summed E-state index contributed by atoms with van der Waals surface area (Å²) in [5.41, 5.74) is 2.34. The molecule has 6 nitrogen and oxygen atoms in total. The lowest BCUT2D eigenvalue weighted by Crippen LogP contribution is -2.49. The Morgan fingerprint density at radius 2 is 1.83 bits per heavy atom. The highest BCUT2D eigenvalue weighted by atomic mass is 16.5. The van der Waals surface area contributed by atoms with Crippen LogP contribution in [0.5, 0.6) is 0 Å². The second kappa shape index (κ2) is 7.66. The molecule has 0 spiro atoms. The van der Waals surface area contributed by atoms with Gasteiger partial charge in [0.1, 0.15) is 0 Å². The molecule has 2 aliphatic heterocycles. The third-order valence-corrected chi connectivity index (χ3v) is 4.86. The van der Waals surface area contributed by atoms with Crippen molar-refractivity contribution >= 4 is 17.7 Å². The molecule has 2 aliphatic rings. The topological polar surface area (TPSA) is 53.1 Å². The van der Waals surface area contributed by atoms with Gasteiger partial charge in [-0.25, -0.2) is 4.79 Å². The summed E-state index contributed by atoms with van der Waals surface area (Å²) in [4.78, 5) is 30.0. The summed E-state index contributed by atoms with van der Waals surface area (Å²) in [5, 5.41) is 0. The quantitative estimate of drug-likeness (QED) is 0.847. The highest BCUT2D eigenvalue weighted by Gasteiger charge is 2.24. The number of fused-ring (bicyclic) bond motifs is 1. The highest BCUT2D eigenvalue weighted by molar-refractivity contribution is 5.94. The first-order valence-electron chi connectivity index (χ1n) is 8.62. The number of hydrogen-bond donors (Lipinski definition) is 0. The number of ether oxygens (including phenoxy) is 1. The molecule has 0 bridgehead atoms. The Balaban J connectivity index is 1.50. The Bertz CT molecular complexity index is 597. The van der Waals surface area contributed by atoms with Crippen LogP contribution in [0.3, 0.4) is 0 Å². The predicted octanol–water partition coefficient (Wildman–Crippen LogP) is 1.74. The molecular formula is C18H25N3O3. The van der Waals surface area contributed by atoms with E-state index in [1.54, 1.807) is 4.90 Å². The van der Waals surface area contributed by atoms with Gasteiger partial charge in [-0.3, -0.25) is 9.69 Å². The van der Waals surface area contributed by atoms with E-state index < -0.39 is 0 Å². The Labute approximate surface area is 143 Å². The summed E-state index contributed by atoms with van der Waals surface area (Å²) in [6, 6.07) is 8.19. The van der Waals surface area contributed by atoms with Crippen LogP contribution in [0.2, 0.25) is 0 Å². The maximum atomic E-state index is 12.6. The van der Waals surface area contributed by atoms with Gasteiger partial charge in [0.25, 0.3) is 0 Å². The van der Waals surface area contributed by atoms with Gasteiger partial charge in [0, 0.05) is 51.4 Å². The fourth-order valence-electron chi connectivity index (χ4n) is 3.46. The number of rotatable bonds is 3. The number of para-hydroxylation sites is 1. The van der Waals surface area contributed by atoms with Crippen LogP contribution in [0, 0.1) is 0 Å². The first-order valence-corrected chi connectivity index (χ1v) is 8.62. The fraction of sp³-hybridized carbons (Fsp3) is 0.556. The molecule has 0 atom stereocenters. The molecule has 0 unspecified atom stereocenters. The lowest BCUT2D eigenvalue weighted by atomic mass is 10.0. The van der Waals surface area contributed by atoms with Crippen LogP contribution in [-0.4, -0.2) is 68.2 Å². The monoisotopic (exact) mass is 331 g/mol. The molecule has 0 aromatic heterocycles. The first kappa shape index (κ1) is 16.8. The minimum atomic E-state index is -0.268. The lowest BCUT2D eigenvalue weighted by molar-refractivity contribution is -0.119. The number of carbonyl (C=O) groups is 2. The number of hydrogen-bond acceptors (Lipinski definition) is 4. The number of methoxy groups -OCH3 is 1. The Kier molecular flexibility index (Phi) is 5.35. The van der Waals surface area contributed by atoms with Gasteiger partial charge in [-0.2, -0.15) is 0 Å². The summed E-state index contributed by atoms with van der Waals surface area (Å²) in [7, 11) is 1.41. The highest BCUT2D eigenvalue weighted by Crippen LogP contribution is 2.27. The second-order valence-corrected chi connectivity index (χ2v) is 6.33. The summed E-state index contributed by atoms with van der Waals surface area (Å²) in [5.74, 6) is 0.192. The van der Waals surface area contributed by atoms with Gasteiger partial charge < -0.3 is 14.5 Å². The summed E-state index contributed by atoms with van der Waals surface area (Å²) in [6.45, 7) is 4.46. The number of benzene rings is 1. The first-order chi connectivity index (χ1) is 11.7. The van der Waals surface area contributed by atoms with E-state index in [4.69, 9.17) is 4.74 Å². The molecule has 2 heterocycles. The van der Waals surface area contributed by atoms with Crippen molar-refractivity contribution in [2.45, 2.75) is 19.3 Å². The maximum Gasteiger partial charge on any atom is 0.409 e. The maximum absolute atomic E-state index is 12.6. The van der Waals surface area contributed by atoms with Crippen molar-refractivity contribution in [3.63, 3.8) is 0 Å². The van der Waals surface area contributed by atoms with Crippen molar-refractivity contribution in [1.82, 2.24) is 9.80 Å². The molecule has 1 aromatic carbocycles. The van der Waals surface area contributed by atoms with Gasteiger partial charge in [-0.15, -0.1) is 0 Å².